The minimum atomic E-state index is -0.962. The van der Waals surface area contributed by atoms with Gasteiger partial charge in [-0.15, -0.1) is 0 Å². The van der Waals surface area contributed by atoms with Gasteiger partial charge in [-0.25, -0.2) is 0 Å². The first-order valence-electron chi connectivity index (χ1n) is 3.84. The molecule has 0 aliphatic rings. The number of hydrogen-bond donors (Lipinski definition) is 1. The van der Waals surface area contributed by atoms with E-state index in [4.69, 9.17) is 14.9 Å². The number of aldehydes is 1. The number of carbonyl (C=O) groups is 1. The molecule has 0 saturated carbocycles. The molecule has 0 aliphatic heterocycles. The van der Waals surface area contributed by atoms with Crippen molar-refractivity contribution in [1.29, 1.82) is 0 Å². The fourth-order valence-electron chi connectivity index (χ4n) is 0.824. The van der Waals surface area contributed by atoms with Gasteiger partial charge in [-0.2, -0.15) is 0 Å². The molecule has 8 heteroatoms. The van der Waals surface area contributed by atoms with E-state index in [1.807, 2.05) is 28.1 Å². The Morgan fingerprint density at radius 3 is 2.86 bits per heavy atom. The molecule has 82 valence electrons. The van der Waals surface area contributed by atoms with Gasteiger partial charge in [0.15, 0.2) is 0 Å². The van der Waals surface area contributed by atoms with Gasteiger partial charge in [-0.3, -0.25) is 0 Å². The summed E-state index contributed by atoms with van der Waals surface area (Å²) in [5, 5.41) is 0. The van der Waals surface area contributed by atoms with Crippen LogP contribution in [0.2, 0.25) is 0 Å². The van der Waals surface area contributed by atoms with E-state index in [0.29, 0.717) is 13.0 Å². The predicted octanol–water partition coefficient (Wildman–Crippen LogP) is 2.92. The number of hydrogen-bond acceptors (Lipinski definition) is 4. The minimum absolute atomic E-state index is 0.151. The quantitative estimate of drug-likeness (QED) is 0.174. The molecule has 0 rings (SSSR count). The van der Waals surface area contributed by atoms with E-state index in [1.54, 1.807) is 0 Å². The van der Waals surface area contributed by atoms with Gasteiger partial charge in [0.2, 0.25) is 0 Å². The van der Waals surface area contributed by atoms with Crippen LogP contribution in [-0.2, 0) is 13.2 Å². The van der Waals surface area contributed by atoms with Crippen LogP contribution in [0.25, 0.3) is 0 Å². The van der Waals surface area contributed by atoms with Crippen LogP contribution in [0.15, 0.2) is 0 Å². The molecule has 0 heterocycles. The molecule has 0 spiro atoms. The predicted molar refractivity (Wildman–Crippen MR) is 75.9 cm³/mol. The van der Waals surface area contributed by atoms with Crippen LogP contribution in [-0.4, -0.2) is 25.5 Å². The fourth-order valence-corrected chi connectivity index (χ4v) is 2.81. The Morgan fingerprint density at radius 2 is 2.43 bits per heavy atom. The average Bonchev–Trinajstić information content (AvgIpc) is 2.15. The Morgan fingerprint density at radius 1 is 1.79 bits per heavy atom. The van der Waals surface area contributed by atoms with E-state index in [0.717, 1.165) is 16.8 Å². The molecule has 3 atom stereocenters. The summed E-state index contributed by atoms with van der Waals surface area (Å²) in [5.41, 5.74) is 0. The van der Waals surface area contributed by atoms with Gasteiger partial charge in [0, 0.05) is 0 Å². The second-order valence-electron chi connectivity index (χ2n) is 2.58. The van der Waals surface area contributed by atoms with Gasteiger partial charge < -0.3 is 0 Å². The Bertz CT molecular complexity index is 235. The van der Waals surface area contributed by atoms with Gasteiger partial charge in [-0.05, 0) is 0 Å². The second-order valence-corrected chi connectivity index (χ2v) is 7.35. The molecule has 0 aromatic carbocycles. The third-order valence-corrected chi connectivity index (χ3v) is 3.54. The van der Waals surface area contributed by atoms with Gasteiger partial charge in [-0.1, -0.05) is 0 Å². The van der Waals surface area contributed by atoms with Crippen LogP contribution >= 0.6 is 54.1 Å². The van der Waals surface area contributed by atoms with E-state index in [9.17, 15) is 4.79 Å². The SMILES string of the molecule is B#[SH](I)O[C@@H](CCOSBr)C(C)C=O. The van der Waals surface area contributed by atoms with E-state index in [1.165, 1.54) is 0 Å². The van der Waals surface area contributed by atoms with Crippen LogP contribution in [0.5, 0.6) is 0 Å². The van der Waals surface area contributed by atoms with Crippen LogP contribution in [0, 0.1) is 5.92 Å². The zero-order valence-electron chi connectivity index (χ0n) is 7.56. The molecular weight excluding hydrogens is 402 g/mol. The van der Waals surface area contributed by atoms with Crippen molar-refractivity contribution >= 4 is 66.9 Å². The van der Waals surface area contributed by atoms with Crippen LogP contribution < -0.4 is 0 Å². The van der Waals surface area contributed by atoms with Crippen molar-refractivity contribution in [2.45, 2.75) is 19.4 Å². The van der Waals surface area contributed by atoms with E-state index in [2.05, 4.69) is 14.8 Å². The van der Waals surface area contributed by atoms with Gasteiger partial charge in [0.05, 0.1) is 0 Å². The van der Waals surface area contributed by atoms with E-state index < -0.39 is 7.58 Å². The number of rotatable bonds is 7. The molecule has 0 fully saturated rings. The summed E-state index contributed by atoms with van der Waals surface area (Å²) in [6.45, 7) is 7.89. The van der Waals surface area contributed by atoms with Crippen molar-refractivity contribution in [3.05, 3.63) is 0 Å². The van der Waals surface area contributed by atoms with Crippen molar-refractivity contribution in [1.82, 2.24) is 0 Å². The Labute approximate surface area is 111 Å². The van der Waals surface area contributed by atoms with Crippen LogP contribution in [0.3, 0.4) is 0 Å². The molecular formula is C6H11BBrIO3S2. The zero-order valence-corrected chi connectivity index (χ0v) is 13.0. The van der Waals surface area contributed by atoms with Crippen molar-refractivity contribution < 1.29 is 13.2 Å². The molecule has 2 unspecified atom stereocenters. The first-order chi connectivity index (χ1) is 6.61. The van der Waals surface area contributed by atoms with Crippen molar-refractivity contribution in [3.8, 4) is 0 Å². The van der Waals surface area contributed by atoms with Gasteiger partial charge in [0.1, 0.15) is 0 Å². The number of thiol groups is 1. The molecule has 0 N–H and O–H groups in total. The molecule has 0 bridgehead atoms. The molecule has 0 saturated heterocycles. The summed E-state index contributed by atoms with van der Waals surface area (Å²) in [5.74, 6) is -0.151. The standard InChI is InChI=1S/C6H11BBrIO3S2/c1-5(4-10)6(12-14(7)9)2-3-11-13-8/h4-6,14H,2-3H2,1H3/t5?,6-/m0/s1. The maximum atomic E-state index is 10.6. The van der Waals surface area contributed by atoms with Crippen LogP contribution in [0.1, 0.15) is 13.3 Å². The van der Waals surface area contributed by atoms with E-state index >= 15 is 0 Å². The third kappa shape index (κ3) is 7.80. The van der Waals surface area contributed by atoms with Crippen LogP contribution in [0.4, 0.5) is 0 Å². The summed E-state index contributed by atoms with van der Waals surface area (Å²) >= 11 is 5.08. The van der Waals surface area contributed by atoms with Gasteiger partial charge in [0.25, 0.3) is 0 Å². The summed E-state index contributed by atoms with van der Waals surface area (Å²) in [7, 11) is 0.161. The summed E-state index contributed by atoms with van der Waals surface area (Å²) < 4.78 is 10.5. The van der Waals surface area contributed by atoms with Crippen molar-refractivity contribution in [2.24, 2.45) is 5.92 Å². The normalized spacial score (nSPS) is 17.5. The monoisotopic (exact) mass is 412 g/mol. The molecule has 0 radical (unpaired) electrons. The Hall–Kier alpha value is 1.56. The van der Waals surface area contributed by atoms with Crippen molar-refractivity contribution in [2.75, 3.05) is 6.61 Å². The fraction of sp³-hybridized carbons (Fsp3) is 0.833. The molecule has 14 heavy (non-hydrogen) atoms. The average molecular weight is 413 g/mol. The molecule has 0 aliphatic carbocycles. The number of carbonyl (C=O) groups excluding carboxylic acids is 1. The molecule has 0 amide bonds. The van der Waals surface area contributed by atoms with E-state index in [-0.39, 0.29) is 12.0 Å². The summed E-state index contributed by atoms with van der Waals surface area (Å²) in [6.07, 6.45) is 1.39. The van der Waals surface area contributed by atoms with Crippen molar-refractivity contribution in [3.63, 3.8) is 0 Å². The molecule has 0 aromatic rings. The molecule has 3 nitrogen and oxygen atoms in total. The first kappa shape index (κ1) is 15.6. The topological polar surface area (TPSA) is 35.5 Å². The summed E-state index contributed by atoms with van der Waals surface area (Å²) in [6, 6.07) is 0. The second kappa shape index (κ2) is 9.77. The number of halogens is 2. The molecule has 0 aromatic heterocycles. The van der Waals surface area contributed by atoms with Gasteiger partial charge >= 0.3 is 112 Å². The third-order valence-electron chi connectivity index (χ3n) is 1.57. The zero-order chi connectivity index (χ0) is 11.0. The maximum absolute atomic E-state index is 10.6. The Kier molecular flexibility index (Phi) is 10.9. The first-order valence-corrected chi connectivity index (χ1v) is 10.5. The Balaban J connectivity index is 3.98. The summed E-state index contributed by atoms with van der Waals surface area (Å²) in [4.78, 5) is 10.6.